The number of allylic oxidation sites excluding steroid dienone is 1. The van der Waals surface area contributed by atoms with Gasteiger partial charge in [0.1, 0.15) is 10.8 Å². The zero-order chi connectivity index (χ0) is 14.0. The molecule has 4 bridgehead atoms. The number of phenolic OH excluding ortho intramolecular Hbond substituents is 1. The van der Waals surface area contributed by atoms with Crippen molar-refractivity contribution in [2.75, 3.05) is 0 Å². The monoisotopic (exact) mass is 297 g/mol. The van der Waals surface area contributed by atoms with E-state index in [2.05, 4.69) is 6.08 Å². The largest absolute Gasteiger partial charge is 0.508 e. The highest BCUT2D eigenvalue weighted by Gasteiger charge is 2.44. The topological polar surface area (TPSA) is 33.1 Å². The number of benzene rings is 1. The van der Waals surface area contributed by atoms with Gasteiger partial charge in [0.25, 0.3) is 0 Å². The number of hydrogen-bond donors (Lipinski definition) is 1. The Labute approximate surface area is 128 Å². The predicted octanol–water partition coefficient (Wildman–Crippen LogP) is 4.84. The molecule has 0 saturated heterocycles. The predicted molar refractivity (Wildman–Crippen MR) is 86.3 cm³/mol. The number of thiazole rings is 1. The Morgan fingerprint density at radius 2 is 1.76 bits per heavy atom. The Morgan fingerprint density at radius 3 is 2.48 bits per heavy atom. The number of phenols is 1. The maximum absolute atomic E-state index is 9.58. The minimum Gasteiger partial charge on any atom is -0.508 e. The summed E-state index contributed by atoms with van der Waals surface area (Å²) >= 11 is 1.75. The van der Waals surface area contributed by atoms with Crippen LogP contribution in [0.25, 0.3) is 16.3 Å². The Hall–Kier alpha value is -1.35. The highest BCUT2D eigenvalue weighted by Crippen LogP contribution is 2.56. The zero-order valence-corrected chi connectivity index (χ0v) is 12.8. The maximum atomic E-state index is 9.58. The van der Waals surface area contributed by atoms with Crippen LogP contribution in [0, 0.1) is 23.7 Å². The molecule has 1 aromatic heterocycles. The smallest absolute Gasteiger partial charge is 0.117 e. The number of aromatic hydroxyl groups is 1. The maximum Gasteiger partial charge on any atom is 0.117 e. The zero-order valence-electron chi connectivity index (χ0n) is 12.0. The van der Waals surface area contributed by atoms with Crippen molar-refractivity contribution in [1.29, 1.82) is 0 Å². The van der Waals surface area contributed by atoms with Gasteiger partial charge in [-0.1, -0.05) is 5.57 Å². The fraction of sp³-hybridized carbons (Fsp3) is 0.500. The molecule has 2 nitrogen and oxygen atoms in total. The average Bonchev–Trinajstić information content (AvgIpc) is 2.83. The second kappa shape index (κ2) is 4.33. The molecule has 1 aromatic carbocycles. The molecule has 0 radical (unpaired) electrons. The number of nitrogens with zero attached hydrogens (tertiary/aromatic N) is 1. The Morgan fingerprint density at radius 1 is 1.05 bits per heavy atom. The summed E-state index contributed by atoms with van der Waals surface area (Å²) < 4.78 is 1.17. The van der Waals surface area contributed by atoms with Crippen molar-refractivity contribution in [3.8, 4) is 5.75 Å². The van der Waals surface area contributed by atoms with Gasteiger partial charge in [0.15, 0.2) is 0 Å². The van der Waals surface area contributed by atoms with Crippen LogP contribution in [0.4, 0.5) is 0 Å². The van der Waals surface area contributed by atoms with Gasteiger partial charge in [0.2, 0.25) is 0 Å². The fourth-order valence-corrected chi connectivity index (χ4v) is 6.01. The lowest BCUT2D eigenvalue weighted by Gasteiger charge is -2.51. The van der Waals surface area contributed by atoms with E-state index >= 15 is 0 Å². The van der Waals surface area contributed by atoms with Crippen molar-refractivity contribution in [3.05, 3.63) is 28.8 Å². The first-order chi connectivity index (χ1) is 10.2. The lowest BCUT2D eigenvalue weighted by molar-refractivity contribution is 0.0710. The summed E-state index contributed by atoms with van der Waals surface area (Å²) in [5.41, 5.74) is 2.61. The van der Waals surface area contributed by atoms with Gasteiger partial charge in [-0.2, -0.15) is 0 Å². The van der Waals surface area contributed by atoms with E-state index in [0.29, 0.717) is 5.75 Å². The Bertz CT molecular complexity index is 715. The third-order valence-corrected chi connectivity index (χ3v) is 6.74. The third-order valence-electron chi connectivity index (χ3n) is 5.76. The minimum absolute atomic E-state index is 0.307. The van der Waals surface area contributed by atoms with Crippen molar-refractivity contribution in [2.45, 2.75) is 32.1 Å². The van der Waals surface area contributed by atoms with Gasteiger partial charge in [-0.15, -0.1) is 11.3 Å². The van der Waals surface area contributed by atoms with Crippen molar-refractivity contribution in [3.63, 3.8) is 0 Å². The van der Waals surface area contributed by atoms with Gasteiger partial charge in [-0.05, 0) is 74.0 Å². The molecule has 3 heteroatoms. The lowest BCUT2D eigenvalue weighted by atomic mass is 9.54. The van der Waals surface area contributed by atoms with Crippen LogP contribution >= 0.6 is 11.3 Å². The van der Waals surface area contributed by atoms with Gasteiger partial charge in [-0.25, -0.2) is 4.98 Å². The first-order valence-corrected chi connectivity index (χ1v) is 8.87. The van der Waals surface area contributed by atoms with Crippen LogP contribution in [0.1, 0.15) is 37.1 Å². The van der Waals surface area contributed by atoms with Crippen LogP contribution in [0.2, 0.25) is 0 Å². The molecule has 1 N–H and O–H groups in total. The van der Waals surface area contributed by atoms with Crippen LogP contribution in [0.5, 0.6) is 5.75 Å². The van der Waals surface area contributed by atoms with Gasteiger partial charge in [0, 0.05) is 6.07 Å². The minimum atomic E-state index is 0.307. The summed E-state index contributed by atoms with van der Waals surface area (Å²) in [6.45, 7) is 0. The molecule has 0 aliphatic heterocycles. The molecule has 0 spiro atoms. The van der Waals surface area contributed by atoms with E-state index in [1.807, 2.05) is 6.07 Å². The Balaban J connectivity index is 1.54. The standard InChI is InChI=1S/C18H19NOS/c20-14-1-2-17-16(8-14)19-18(21-17)9-15-12-4-10-3-11(6-12)7-13(15)5-10/h1-2,8-13,20H,3-7H2. The summed E-state index contributed by atoms with van der Waals surface area (Å²) in [5, 5.41) is 10.7. The molecule has 6 rings (SSSR count). The molecule has 21 heavy (non-hydrogen) atoms. The normalized spacial score (nSPS) is 33.8. The first kappa shape index (κ1) is 12.2. The van der Waals surface area contributed by atoms with E-state index in [4.69, 9.17) is 4.98 Å². The highest BCUT2D eigenvalue weighted by atomic mass is 32.1. The van der Waals surface area contributed by atoms with Gasteiger partial charge in [-0.3, -0.25) is 0 Å². The van der Waals surface area contributed by atoms with Crippen LogP contribution in [0.15, 0.2) is 23.8 Å². The summed E-state index contributed by atoms with van der Waals surface area (Å²) in [6, 6.07) is 5.49. The molecule has 0 amide bonds. The number of aromatic nitrogens is 1. The van der Waals surface area contributed by atoms with Crippen LogP contribution in [-0.2, 0) is 0 Å². The van der Waals surface area contributed by atoms with E-state index in [0.717, 1.165) is 34.2 Å². The van der Waals surface area contributed by atoms with Gasteiger partial charge >= 0.3 is 0 Å². The van der Waals surface area contributed by atoms with Crippen LogP contribution in [0.3, 0.4) is 0 Å². The van der Waals surface area contributed by atoms with Crippen molar-refractivity contribution >= 4 is 27.6 Å². The molecule has 4 aliphatic rings. The quantitative estimate of drug-likeness (QED) is 0.817. The molecule has 1 heterocycles. The van der Waals surface area contributed by atoms with Crippen molar-refractivity contribution < 1.29 is 5.11 Å². The summed E-state index contributed by atoms with van der Waals surface area (Å²) in [7, 11) is 0. The molecular formula is C18H19NOS. The van der Waals surface area contributed by atoms with Gasteiger partial charge in [0.05, 0.1) is 10.2 Å². The second-order valence-corrected chi connectivity index (χ2v) is 8.22. The lowest BCUT2D eigenvalue weighted by Crippen LogP contribution is -2.40. The van der Waals surface area contributed by atoms with Crippen molar-refractivity contribution in [2.24, 2.45) is 23.7 Å². The molecular weight excluding hydrogens is 278 g/mol. The molecule has 4 aliphatic carbocycles. The highest BCUT2D eigenvalue weighted by molar-refractivity contribution is 7.19. The third kappa shape index (κ3) is 1.94. The van der Waals surface area contributed by atoms with E-state index in [-0.39, 0.29) is 0 Å². The first-order valence-electron chi connectivity index (χ1n) is 8.05. The number of rotatable bonds is 1. The average molecular weight is 297 g/mol. The molecule has 0 unspecified atom stereocenters. The number of fused-ring (bicyclic) bond motifs is 1. The summed E-state index contributed by atoms with van der Waals surface area (Å²) in [5.74, 6) is 4.00. The summed E-state index contributed by atoms with van der Waals surface area (Å²) in [6.07, 6.45) is 9.57. The van der Waals surface area contributed by atoms with Crippen molar-refractivity contribution in [1.82, 2.24) is 4.98 Å². The van der Waals surface area contributed by atoms with Crippen LogP contribution < -0.4 is 0 Å². The molecule has 108 valence electrons. The van der Waals surface area contributed by atoms with E-state index in [1.54, 1.807) is 29.0 Å². The van der Waals surface area contributed by atoms with E-state index in [9.17, 15) is 5.11 Å². The van der Waals surface area contributed by atoms with Crippen LogP contribution in [-0.4, -0.2) is 10.1 Å². The second-order valence-electron chi connectivity index (χ2n) is 7.15. The van der Waals surface area contributed by atoms with E-state index in [1.165, 1.54) is 36.8 Å². The SMILES string of the molecule is Oc1ccc2sc(C=C3C4CC5CC(C4)CC3C5)nc2c1. The van der Waals surface area contributed by atoms with E-state index < -0.39 is 0 Å². The summed E-state index contributed by atoms with van der Waals surface area (Å²) in [4.78, 5) is 4.71. The fourth-order valence-electron chi connectivity index (χ4n) is 5.10. The number of hydrogen-bond acceptors (Lipinski definition) is 3. The Kier molecular flexibility index (Phi) is 2.52. The van der Waals surface area contributed by atoms with Gasteiger partial charge < -0.3 is 5.11 Å². The molecule has 4 fully saturated rings. The molecule has 2 aromatic rings. The molecule has 0 atom stereocenters. The molecule has 4 saturated carbocycles.